The zero-order valence-electron chi connectivity index (χ0n) is 13.7. The van der Waals surface area contributed by atoms with Crippen molar-refractivity contribution >= 4 is 5.78 Å². The molecule has 23 heavy (non-hydrogen) atoms. The van der Waals surface area contributed by atoms with E-state index in [0.29, 0.717) is 29.4 Å². The number of methoxy groups -OCH3 is 1. The molecule has 1 aromatic heterocycles. The zero-order chi connectivity index (χ0) is 17.0. The predicted octanol–water partition coefficient (Wildman–Crippen LogP) is 1.55. The molecule has 0 radical (unpaired) electrons. The van der Waals surface area contributed by atoms with E-state index in [1.165, 1.54) is 14.0 Å². The monoisotopic (exact) mass is 319 g/mol. The molecule has 1 heterocycles. The Morgan fingerprint density at radius 3 is 2.65 bits per heavy atom. The average molecular weight is 319 g/mol. The van der Waals surface area contributed by atoms with Crippen LogP contribution in [-0.2, 0) is 6.54 Å². The SMILES string of the molecule is COc1cc(C(C)=O)ccc1OC[C@H](O)Cn1nc(C)nc1C. The van der Waals surface area contributed by atoms with Gasteiger partial charge in [-0.2, -0.15) is 5.10 Å². The second-order valence-electron chi connectivity index (χ2n) is 5.27. The van der Waals surface area contributed by atoms with Crippen molar-refractivity contribution < 1.29 is 19.4 Å². The highest BCUT2D eigenvalue weighted by molar-refractivity contribution is 5.94. The van der Waals surface area contributed by atoms with Gasteiger partial charge in [0.25, 0.3) is 0 Å². The number of carbonyl (C=O) groups is 1. The maximum Gasteiger partial charge on any atom is 0.161 e. The number of aryl methyl sites for hydroxylation is 2. The molecule has 7 nitrogen and oxygen atoms in total. The minimum atomic E-state index is -0.744. The normalized spacial score (nSPS) is 12.0. The molecule has 0 amide bonds. The van der Waals surface area contributed by atoms with E-state index < -0.39 is 6.10 Å². The van der Waals surface area contributed by atoms with E-state index in [0.717, 1.165) is 5.82 Å². The van der Waals surface area contributed by atoms with Crippen LogP contribution in [0.5, 0.6) is 11.5 Å². The second-order valence-corrected chi connectivity index (χ2v) is 5.27. The highest BCUT2D eigenvalue weighted by Gasteiger charge is 2.13. The maximum atomic E-state index is 11.4. The number of rotatable bonds is 7. The molecule has 1 aromatic carbocycles. The van der Waals surface area contributed by atoms with Gasteiger partial charge in [0.1, 0.15) is 24.4 Å². The van der Waals surface area contributed by atoms with E-state index in [9.17, 15) is 9.90 Å². The summed E-state index contributed by atoms with van der Waals surface area (Å²) in [4.78, 5) is 15.6. The van der Waals surface area contributed by atoms with Gasteiger partial charge in [0.15, 0.2) is 17.3 Å². The molecule has 0 bridgehead atoms. The standard InChI is InChI=1S/C16H21N3O4/c1-10(20)13-5-6-15(16(7-13)22-4)23-9-14(21)8-19-12(3)17-11(2)18-19/h5-7,14,21H,8-9H2,1-4H3/t14-/m1/s1. The molecule has 124 valence electrons. The van der Waals surface area contributed by atoms with Crippen molar-refractivity contribution in [3.05, 3.63) is 35.4 Å². The van der Waals surface area contributed by atoms with Gasteiger partial charge in [0, 0.05) is 5.56 Å². The summed E-state index contributed by atoms with van der Waals surface area (Å²) in [6, 6.07) is 4.94. The van der Waals surface area contributed by atoms with E-state index in [4.69, 9.17) is 9.47 Å². The van der Waals surface area contributed by atoms with Gasteiger partial charge in [-0.1, -0.05) is 0 Å². The summed E-state index contributed by atoms with van der Waals surface area (Å²) in [7, 11) is 1.50. The molecule has 0 spiro atoms. The molecule has 1 atom stereocenters. The Kier molecular flexibility index (Phi) is 5.33. The first-order valence-electron chi connectivity index (χ1n) is 7.28. The van der Waals surface area contributed by atoms with Crippen LogP contribution in [0.2, 0.25) is 0 Å². The van der Waals surface area contributed by atoms with Crippen molar-refractivity contribution in [1.29, 1.82) is 0 Å². The fourth-order valence-electron chi connectivity index (χ4n) is 2.18. The number of hydrogen-bond donors (Lipinski definition) is 1. The van der Waals surface area contributed by atoms with Crippen LogP contribution in [-0.4, -0.2) is 45.5 Å². The number of carbonyl (C=O) groups excluding carboxylic acids is 1. The molecular weight excluding hydrogens is 298 g/mol. The first-order valence-corrected chi connectivity index (χ1v) is 7.28. The molecule has 0 aliphatic carbocycles. The molecule has 0 unspecified atom stereocenters. The molecule has 2 aromatic rings. The minimum absolute atomic E-state index is 0.0492. The molecule has 0 fully saturated rings. The van der Waals surface area contributed by atoms with Crippen LogP contribution in [0.25, 0.3) is 0 Å². The average Bonchev–Trinajstić information content (AvgIpc) is 2.82. The Balaban J connectivity index is 1.99. The number of hydrogen-bond acceptors (Lipinski definition) is 6. The first kappa shape index (κ1) is 17.0. The fourth-order valence-corrected chi connectivity index (χ4v) is 2.18. The van der Waals surface area contributed by atoms with E-state index in [2.05, 4.69) is 10.1 Å². The van der Waals surface area contributed by atoms with Crippen LogP contribution in [0.1, 0.15) is 28.9 Å². The lowest BCUT2D eigenvalue weighted by Crippen LogP contribution is -2.25. The van der Waals surface area contributed by atoms with E-state index in [1.807, 2.05) is 6.92 Å². The van der Waals surface area contributed by atoms with E-state index in [-0.39, 0.29) is 12.4 Å². The third-order valence-corrected chi connectivity index (χ3v) is 3.35. The summed E-state index contributed by atoms with van der Waals surface area (Å²) in [5.74, 6) is 2.29. The van der Waals surface area contributed by atoms with Gasteiger partial charge < -0.3 is 14.6 Å². The number of aliphatic hydroxyl groups is 1. The Labute approximate surface area is 134 Å². The molecule has 0 saturated heterocycles. The van der Waals surface area contributed by atoms with Gasteiger partial charge in [-0.3, -0.25) is 4.79 Å². The Morgan fingerprint density at radius 2 is 2.09 bits per heavy atom. The zero-order valence-corrected chi connectivity index (χ0v) is 13.7. The Bertz CT molecular complexity index is 697. The first-order chi connectivity index (χ1) is 10.9. The Morgan fingerprint density at radius 1 is 1.35 bits per heavy atom. The van der Waals surface area contributed by atoms with Gasteiger partial charge in [0.05, 0.1) is 13.7 Å². The number of ketones is 1. The van der Waals surface area contributed by atoms with Gasteiger partial charge in [-0.25, -0.2) is 9.67 Å². The number of benzene rings is 1. The predicted molar refractivity (Wildman–Crippen MR) is 84.0 cm³/mol. The number of nitrogens with zero attached hydrogens (tertiary/aromatic N) is 3. The third-order valence-electron chi connectivity index (χ3n) is 3.35. The van der Waals surface area contributed by atoms with Crippen LogP contribution in [0, 0.1) is 13.8 Å². The van der Waals surface area contributed by atoms with Crippen molar-refractivity contribution in [2.75, 3.05) is 13.7 Å². The lowest BCUT2D eigenvalue weighted by molar-refractivity contribution is 0.0870. The van der Waals surface area contributed by atoms with Crippen molar-refractivity contribution in [2.45, 2.75) is 33.4 Å². The summed E-state index contributed by atoms with van der Waals surface area (Å²) in [6.07, 6.45) is -0.744. The number of Topliss-reactive ketones (excluding diaryl/α,β-unsaturated/α-hetero) is 1. The van der Waals surface area contributed by atoms with Crippen molar-refractivity contribution in [3.8, 4) is 11.5 Å². The molecule has 0 aliphatic heterocycles. The van der Waals surface area contributed by atoms with Crippen LogP contribution in [0.4, 0.5) is 0 Å². The van der Waals surface area contributed by atoms with E-state index >= 15 is 0 Å². The summed E-state index contributed by atoms with van der Waals surface area (Å²) in [5, 5.41) is 14.3. The molecule has 0 saturated carbocycles. The molecule has 0 aliphatic rings. The van der Waals surface area contributed by atoms with Crippen molar-refractivity contribution in [3.63, 3.8) is 0 Å². The number of aliphatic hydroxyl groups excluding tert-OH is 1. The van der Waals surface area contributed by atoms with Crippen molar-refractivity contribution in [1.82, 2.24) is 14.8 Å². The lowest BCUT2D eigenvalue weighted by Gasteiger charge is -2.15. The molecule has 7 heteroatoms. The van der Waals surface area contributed by atoms with Crippen LogP contribution in [0.3, 0.4) is 0 Å². The fraction of sp³-hybridized carbons (Fsp3) is 0.438. The van der Waals surface area contributed by atoms with E-state index in [1.54, 1.807) is 29.8 Å². The summed E-state index contributed by atoms with van der Waals surface area (Å²) >= 11 is 0. The van der Waals surface area contributed by atoms with Crippen LogP contribution < -0.4 is 9.47 Å². The lowest BCUT2D eigenvalue weighted by atomic mass is 10.1. The summed E-state index contributed by atoms with van der Waals surface area (Å²) < 4.78 is 12.5. The number of ether oxygens (including phenoxy) is 2. The largest absolute Gasteiger partial charge is 0.493 e. The number of aromatic nitrogens is 3. The second kappa shape index (κ2) is 7.23. The molecular formula is C16H21N3O4. The molecule has 2 rings (SSSR count). The van der Waals surface area contributed by atoms with Crippen molar-refractivity contribution in [2.24, 2.45) is 0 Å². The van der Waals surface area contributed by atoms with Gasteiger partial charge in [-0.15, -0.1) is 0 Å². The minimum Gasteiger partial charge on any atom is -0.493 e. The quantitative estimate of drug-likeness (QED) is 0.779. The highest BCUT2D eigenvalue weighted by Crippen LogP contribution is 2.28. The topological polar surface area (TPSA) is 86.5 Å². The smallest absolute Gasteiger partial charge is 0.161 e. The maximum absolute atomic E-state index is 11.4. The van der Waals surface area contributed by atoms with Gasteiger partial charge in [0.2, 0.25) is 0 Å². The Hall–Kier alpha value is -2.41. The van der Waals surface area contributed by atoms with Crippen LogP contribution >= 0.6 is 0 Å². The van der Waals surface area contributed by atoms with Gasteiger partial charge in [-0.05, 0) is 39.0 Å². The summed E-state index contributed by atoms with van der Waals surface area (Å²) in [5.41, 5.74) is 0.545. The summed E-state index contributed by atoms with van der Waals surface area (Å²) in [6.45, 7) is 5.49. The third kappa shape index (κ3) is 4.29. The molecule has 1 N–H and O–H groups in total. The highest BCUT2D eigenvalue weighted by atomic mass is 16.5. The van der Waals surface area contributed by atoms with Gasteiger partial charge >= 0.3 is 0 Å². The van der Waals surface area contributed by atoms with Crippen LogP contribution in [0.15, 0.2) is 18.2 Å².